The van der Waals surface area contributed by atoms with Gasteiger partial charge in [-0.25, -0.2) is 4.98 Å². The average Bonchev–Trinajstić information content (AvgIpc) is 2.38. The average molecular weight is 311 g/mol. The van der Waals surface area contributed by atoms with E-state index in [1.165, 1.54) is 12.8 Å². The lowest BCUT2D eigenvalue weighted by Crippen LogP contribution is -2.35. The summed E-state index contributed by atoms with van der Waals surface area (Å²) in [6.45, 7) is 9.34. The van der Waals surface area contributed by atoms with E-state index in [4.69, 9.17) is 16.3 Å². The van der Waals surface area contributed by atoms with Gasteiger partial charge in [0, 0.05) is 18.2 Å². The fourth-order valence-corrected chi connectivity index (χ4v) is 2.83. The summed E-state index contributed by atoms with van der Waals surface area (Å²) < 4.78 is 6.06. The predicted molar refractivity (Wildman–Crippen MR) is 87.9 cm³/mol. The SMILES string of the molecule is CC1CCCC(Oc2ccc(Cl)c(CNC(C)(C)C)n2)C1. The number of aromatic nitrogens is 1. The molecular weight excluding hydrogens is 284 g/mol. The van der Waals surface area contributed by atoms with Crippen molar-refractivity contribution in [2.24, 2.45) is 5.92 Å². The van der Waals surface area contributed by atoms with Gasteiger partial charge in [-0.1, -0.05) is 24.9 Å². The van der Waals surface area contributed by atoms with Gasteiger partial charge in [-0.2, -0.15) is 0 Å². The monoisotopic (exact) mass is 310 g/mol. The summed E-state index contributed by atoms with van der Waals surface area (Å²) in [5.74, 6) is 1.45. The van der Waals surface area contributed by atoms with E-state index in [1.54, 1.807) is 0 Å². The third-order valence-electron chi connectivity index (χ3n) is 3.85. The van der Waals surface area contributed by atoms with E-state index in [-0.39, 0.29) is 5.54 Å². The minimum absolute atomic E-state index is 0.0423. The molecule has 0 saturated heterocycles. The number of halogens is 1. The predicted octanol–water partition coefficient (Wildman–Crippen LogP) is 4.58. The number of rotatable bonds is 4. The second-order valence-corrected chi connectivity index (χ2v) is 7.60. The van der Waals surface area contributed by atoms with Gasteiger partial charge in [-0.3, -0.25) is 0 Å². The quantitative estimate of drug-likeness (QED) is 0.884. The molecule has 2 rings (SSSR count). The van der Waals surface area contributed by atoms with Crippen molar-refractivity contribution in [2.75, 3.05) is 0 Å². The van der Waals surface area contributed by atoms with Crippen LogP contribution in [0.4, 0.5) is 0 Å². The first-order valence-corrected chi connectivity index (χ1v) is 8.28. The molecule has 0 spiro atoms. The minimum atomic E-state index is 0.0423. The Morgan fingerprint density at radius 1 is 1.33 bits per heavy atom. The van der Waals surface area contributed by atoms with E-state index in [2.05, 4.69) is 38.0 Å². The van der Waals surface area contributed by atoms with Crippen LogP contribution in [0, 0.1) is 5.92 Å². The summed E-state index contributed by atoms with van der Waals surface area (Å²) in [6, 6.07) is 3.76. The lowest BCUT2D eigenvalue weighted by Gasteiger charge is -2.27. The molecule has 2 atom stereocenters. The van der Waals surface area contributed by atoms with Crippen LogP contribution in [0.1, 0.15) is 59.1 Å². The van der Waals surface area contributed by atoms with Crippen molar-refractivity contribution in [2.45, 2.75) is 71.6 Å². The maximum absolute atomic E-state index is 6.23. The molecule has 0 radical (unpaired) electrons. The highest BCUT2D eigenvalue weighted by Gasteiger charge is 2.21. The Morgan fingerprint density at radius 2 is 2.10 bits per heavy atom. The molecular formula is C17H27ClN2O. The first-order valence-electron chi connectivity index (χ1n) is 7.90. The molecule has 0 aromatic carbocycles. The van der Waals surface area contributed by atoms with Crippen molar-refractivity contribution in [1.29, 1.82) is 0 Å². The lowest BCUT2D eigenvalue weighted by atomic mass is 9.89. The zero-order valence-corrected chi connectivity index (χ0v) is 14.3. The number of nitrogens with one attached hydrogen (secondary N) is 1. The molecule has 1 aliphatic rings. The van der Waals surface area contributed by atoms with Crippen LogP contribution >= 0.6 is 11.6 Å². The molecule has 0 bridgehead atoms. The Balaban J connectivity index is 2.00. The van der Waals surface area contributed by atoms with Crippen molar-refractivity contribution in [1.82, 2.24) is 10.3 Å². The molecule has 4 heteroatoms. The highest BCUT2D eigenvalue weighted by atomic mass is 35.5. The van der Waals surface area contributed by atoms with Gasteiger partial charge in [-0.05, 0) is 52.0 Å². The fourth-order valence-electron chi connectivity index (χ4n) is 2.66. The van der Waals surface area contributed by atoms with Crippen LogP contribution in [0.15, 0.2) is 12.1 Å². The molecule has 21 heavy (non-hydrogen) atoms. The first-order chi connectivity index (χ1) is 9.83. The summed E-state index contributed by atoms with van der Waals surface area (Å²) in [4.78, 5) is 4.58. The standard InChI is InChI=1S/C17H27ClN2O/c1-12-6-5-7-13(10-12)21-16-9-8-14(18)15(20-16)11-19-17(2,3)4/h8-9,12-13,19H,5-7,10-11H2,1-4H3. The molecule has 1 aromatic heterocycles. The topological polar surface area (TPSA) is 34.1 Å². The zero-order chi connectivity index (χ0) is 15.5. The minimum Gasteiger partial charge on any atom is -0.474 e. The summed E-state index contributed by atoms with van der Waals surface area (Å²) >= 11 is 6.23. The second-order valence-electron chi connectivity index (χ2n) is 7.19. The van der Waals surface area contributed by atoms with E-state index in [0.29, 0.717) is 23.6 Å². The number of nitrogens with zero attached hydrogens (tertiary/aromatic N) is 1. The number of pyridine rings is 1. The molecule has 1 aromatic rings. The Morgan fingerprint density at radius 3 is 2.76 bits per heavy atom. The summed E-state index contributed by atoms with van der Waals surface area (Å²) in [5, 5.41) is 4.11. The van der Waals surface area contributed by atoms with Crippen LogP contribution in [-0.4, -0.2) is 16.6 Å². The largest absolute Gasteiger partial charge is 0.474 e. The van der Waals surface area contributed by atoms with E-state index in [1.807, 2.05) is 12.1 Å². The molecule has 1 saturated carbocycles. The van der Waals surface area contributed by atoms with Gasteiger partial charge < -0.3 is 10.1 Å². The van der Waals surface area contributed by atoms with Crippen molar-refractivity contribution in [3.8, 4) is 5.88 Å². The van der Waals surface area contributed by atoms with Crippen molar-refractivity contribution < 1.29 is 4.74 Å². The Kier molecular flexibility index (Phi) is 5.50. The Hall–Kier alpha value is -0.800. The normalized spacial score (nSPS) is 23.1. The smallest absolute Gasteiger partial charge is 0.213 e. The van der Waals surface area contributed by atoms with E-state index >= 15 is 0 Å². The van der Waals surface area contributed by atoms with Crippen LogP contribution in [0.3, 0.4) is 0 Å². The van der Waals surface area contributed by atoms with Crippen LogP contribution in [-0.2, 0) is 6.54 Å². The van der Waals surface area contributed by atoms with Crippen LogP contribution in [0.2, 0.25) is 5.02 Å². The number of hydrogen-bond acceptors (Lipinski definition) is 3. The number of hydrogen-bond donors (Lipinski definition) is 1. The van der Waals surface area contributed by atoms with Gasteiger partial charge in [-0.15, -0.1) is 0 Å². The van der Waals surface area contributed by atoms with E-state index < -0.39 is 0 Å². The second kappa shape index (κ2) is 6.97. The molecule has 1 fully saturated rings. The summed E-state index contributed by atoms with van der Waals surface area (Å²) in [6.07, 6.45) is 5.11. The number of ether oxygens (including phenoxy) is 1. The van der Waals surface area contributed by atoms with Gasteiger partial charge in [0.2, 0.25) is 5.88 Å². The van der Waals surface area contributed by atoms with Gasteiger partial charge in [0.05, 0.1) is 10.7 Å². The maximum Gasteiger partial charge on any atom is 0.213 e. The fraction of sp³-hybridized carbons (Fsp3) is 0.706. The highest BCUT2D eigenvalue weighted by Crippen LogP contribution is 2.27. The highest BCUT2D eigenvalue weighted by molar-refractivity contribution is 6.31. The molecule has 1 heterocycles. The summed E-state index contributed by atoms with van der Waals surface area (Å²) in [7, 11) is 0. The molecule has 3 nitrogen and oxygen atoms in total. The Bertz CT molecular complexity index is 470. The molecule has 0 amide bonds. The van der Waals surface area contributed by atoms with E-state index in [9.17, 15) is 0 Å². The van der Waals surface area contributed by atoms with Gasteiger partial charge >= 0.3 is 0 Å². The molecule has 1 N–H and O–H groups in total. The molecule has 118 valence electrons. The van der Waals surface area contributed by atoms with Crippen LogP contribution in [0.25, 0.3) is 0 Å². The third kappa shape index (κ3) is 5.48. The summed E-state index contributed by atoms with van der Waals surface area (Å²) in [5.41, 5.74) is 0.897. The molecule has 0 aliphatic heterocycles. The van der Waals surface area contributed by atoms with Crippen molar-refractivity contribution in [3.63, 3.8) is 0 Å². The first kappa shape index (κ1) is 16.6. The van der Waals surface area contributed by atoms with Gasteiger partial charge in [0.1, 0.15) is 6.10 Å². The zero-order valence-electron chi connectivity index (χ0n) is 13.6. The lowest BCUT2D eigenvalue weighted by molar-refractivity contribution is 0.123. The molecule has 1 aliphatic carbocycles. The van der Waals surface area contributed by atoms with Crippen LogP contribution < -0.4 is 10.1 Å². The maximum atomic E-state index is 6.23. The van der Waals surface area contributed by atoms with Crippen molar-refractivity contribution in [3.05, 3.63) is 22.8 Å². The third-order valence-corrected chi connectivity index (χ3v) is 4.20. The van der Waals surface area contributed by atoms with Gasteiger partial charge in [0.15, 0.2) is 0 Å². The van der Waals surface area contributed by atoms with Crippen LogP contribution in [0.5, 0.6) is 5.88 Å². The molecule has 2 unspecified atom stereocenters. The van der Waals surface area contributed by atoms with E-state index in [0.717, 1.165) is 24.5 Å². The van der Waals surface area contributed by atoms with Gasteiger partial charge in [0.25, 0.3) is 0 Å². The Labute approximate surface area is 133 Å². The van der Waals surface area contributed by atoms with Crippen molar-refractivity contribution >= 4 is 11.6 Å².